The molecule has 31 heavy (non-hydrogen) atoms. The number of amides is 1. The molecule has 0 saturated heterocycles. The highest BCUT2D eigenvalue weighted by Crippen LogP contribution is 2.38. The number of fused-ring (bicyclic) bond motifs is 2. The molecule has 0 aliphatic carbocycles. The molecule has 2 aliphatic heterocycles. The number of carbonyl (C=O) groups excluding carboxylic acids is 1. The molecule has 0 radical (unpaired) electrons. The van der Waals surface area contributed by atoms with Crippen molar-refractivity contribution in [2.75, 3.05) is 26.3 Å². The minimum absolute atomic E-state index is 0.0567. The van der Waals surface area contributed by atoms with E-state index in [9.17, 15) is 4.79 Å². The maximum atomic E-state index is 13.5. The third-order valence-corrected chi connectivity index (χ3v) is 5.50. The van der Waals surface area contributed by atoms with E-state index >= 15 is 0 Å². The lowest BCUT2D eigenvalue weighted by Gasteiger charge is -2.38. The van der Waals surface area contributed by atoms with E-state index in [1.807, 2.05) is 60.7 Å². The molecule has 7 heteroatoms. The monoisotopic (exact) mass is 418 g/mol. The Morgan fingerprint density at radius 1 is 0.968 bits per heavy atom. The van der Waals surface area contributed by atoms with E-state index in [0.717, 1.165) is 16.8 Å². The molecule has 0 aromatic heterocycles. The zero-order valence-corrected chi connectivity index (χ0v) is 17.3. The van der Waals surface area contributed by atoms with Crippen molar-refractivity contribution in [2.45, 2.75) is 12.7 Å². The highest BCUT2D eigenvalue weighted by Gasteiger charge is 2.33. The Balaban J connectivity index is 1.56. The Hall–Kier alpha value is -3.87. The van der Waals surface area contributed by atoms with Gasteiger partial charge in [0.1, 0.15) is 17.7 Å². The van der Waals surface area contributed by atoms with Gasteiger partial charge in [0.05, 0.1) is 19.8 Å². The minimum atomic E-state index is -0.406. The van der Waals surface area contributed by atoms with E-state index in [1.165, 1.54) is 0 Å². The molecule has 3 aromatic rings. The Labute approximate surface area is 180 Å². The zero-order chi connectivity index (χ0) is 21.4. The number of methoxy groups -OCH3 is 2. The summed E-state index contributed by atoms with van der Waals surface area (Å²) in [5, 5.41) is 3.51. The first-order chi connectivity index (χ1) is 15.2. The van der Waals surface area contributed by atoms with Gasteiger partial charge in [0.15, 0.2) is 11.5 Å². The molecular formula is C24H22N2O5. The van der Waals surface area contributed by atoms with E-state index in [2.05, 4.69) is 5.32 Å². The molecule has 2 aliphatic rings. The molecule has 0 bridgehead atoms. The van der Waals surface area contributed by atoms with Crippen molar-refractivity contribution in [3.63, 3.8) is 0 Å². The minimum Gasteiger partial charge on any atom is -0.497 e. The van der Waals surface area contributed by atoms with Crippen LogP contribution in [-0.2, 0) is 6.54 Å². The van der Waals surface area contributed by atoms with Gasteiger partial charge in [-0.1, -0.05) is 18.2 Å². The van der Waals surface area contributed by atoms with Gasteiger partial charge < -0.3 is 29.2 Å². The van der Waals surface area contributed by atoms with Crippen LogP contribution in [0.2, 0.25) is 0 Å². The van der Waals surface area contributed by atoms with Crippen LogP contribution >= 0.6 is 0 Å². The fourth-order valence-electron chi connectivity index (χ4n) is 3.94. The van der Waals surface area contributed by atoms with Crippen LogP contribution in [-0.4, -0.2) is 31.8 Å². The molecule has 1 N–H and O–H groups in total. The number of anilines is 1. The van der Waals surface area contributed by atoms with Crippen LogP contribution in [0.1, 0.15) is 27.7 Å². The fourth-order valence-corrected chi connectivity index (χ4v) is 3.94. The van der Waals surface area contributed by atoms with Crippen LogP contribution in [0.3, 0.4) is 0 Å². The van der Waals surface area contributed by atoms with Gasteiger partial charge >= 0.3 is 0 Å². The Morgan fingerprint density at radius 3 is 2.48 bits per heavy atom. The maximum absolute atomic E-state index is 13.5. The largest absolute Gasteiger partial charge is 0.497 e. The summed E-state index contributed by atoms with van der Waals surface area (Å²) < 4.78 is 21.8. The average molecular weight is 418 g/mol. The fraction of sp³-hybridized carbons (Fsp3) is 0.208. The second-order valence-electron chi connectivity index (χ2n) is 7.36. The van der Waals surface area contributed by atoms with Crippen molar-refractivity contribution in [3.8, 4) is 23.0 Å². The molecule has 0 saturated carbocycles. The zero-order valence-electron chi connectivity index (χ0n) is 17.3. The molecule has 0 fully saturated rings. The topological polar surface area (TPSA) is 69.3 Å². The summed E-state index contributed by atoms with van der Waals surface area (Å²) in [4.78, 5) is 15.3. The molecule has 5 rings (SSSR count). The Bertz CT molecular complexity index is 1120. The normalized spacial score (nSPS) is 16.5. The molecule has 2 heterocycles. The van der Waals surface area contributed by atoms with Crippen molar-refractivity contribution >= 4 is 11.6 Å². The van der Waals surface area contributed by atoms with Crippen molar-refractivity contribution in [3.05, 3.63) is 77.4 Å². The van der Waals surface area contributed by atoms with Gasteiger partial charge in [-0.2, -0.15) is 0 Å². The molecule has 158 valence electrons. The predicted molar refractivity (Wildman–Crippen MR) is 115 cm³/mol. The second kappa shape index (κ2) is 7.75. The first-order valence-electron chi connectivity index (χ1n) is 9.94. The van der Waals surface area contributed by atoms with Crippen molar-refractivity contribution in [1.82, 2.24) is 4.90 Å². The molecule has 7 nitrogen and oxygen atoms in total. The summed E-state index contributed by atoms with van der Waals surface area (Å²) in [5.41, 5.74) is 3.23. The van der Waals surface area contributed by atoms with Crippen LogP contribution in [0.25, 0.3) is 0 Å². The summed E-state index contributed by atoms with van der Waals surface area (Å²) in [6.45, 7) is 0.601. The second-order valence-corrected chi connectivity index (χ2v) is 7.36. The SMILES string of the molecule is COc1cc(OC)cc([C@@H]2Nc3ccccc3C(=O)N2Cc2ccc3c(c2)OCO3)c1. The van der Waals surface area contributed by atoms with E-state index in [1.54, 1.807) is 19.1 Å². The standard InChI is InChI=1S/C24H22N2O5/c1-28-17-10-16(11-18(12-17)29-2)23-25-20-6-4-3-5-19(20)24(27)26(23)13-15-7-8-21-22(9-15)31-14-30-21/h3-12,23,25H,13-14H2,1-2H3/t23-/m1/s1. The number of nitrogens with zero attached hydrogens (tertiary/aromatic N) is 1. The van der Waals surface area contributed by atoms with E-state index in [4.69, 9.17) is 18.9 Å². The summed E-state index contributed by atoms with van der Waals surface area (Å²) in [5.74, 6) is 2.66. The smallest absolute Gasteiger partial charge is 0.258 e. The highest BCUT2D eigenvalue weighted by atomic mass is 16.7. The van der Waals surface area contributed by atoms with Crippen molar-refractivity contribution in [1.29, 1.82) is 0 Å². The number of ether oxygens (including phenoxy) is 4. The number of hydrogen-bond acceptors (Lipinski definition) is 6. The van der Waals surface area contributed by atoms with Crippen LogP contribution in [0.15, 0.2) is 60.7 Å². The van der Waals surface area contributed by atoms with Gasteiger partial charge in [-0.25, -0.2) is 0 Å². The lowest BCUT2D eigenvalue weighted by molar-refractivity contribution is 0.0666. The first kappa shape index (κ1) is 19.1. The quantitative estimate of drug-likeness (QED) is 0.670. The molecule has 1 amide bonds. The maximum Gasteiger partial charge on any atom is 0.258 e. The number of hydrogen-bond donors (Lipinski definition) is 1. The first-order valence-corrected chi connectivity index (χ1v) is 9.94. The van der Waals surface area contributed by atoms with E-state index in [-0.39, 0.29) is 12.7 Å². The Kier molecular flexibility index (Phi) is 4.78. The lowest BCUT2D eigenvalue weighted by atomic mass is 10.0. The van der Waals surface area contributed by atoms with Crippen molar-refractivity contribution in [2.24, 2.45) is 0 Å². The number of para-hydroxylation sites is 1. The lowest BCUT2D eigenvalue weighted by Crippen LogP contribution is -2.42. The van der Waals surface area contributed by atoms with Gasteiger partial charge in [0, 0.05) is 23.9 Å². The number of carbonyl (C=O) groups is 1. The summed E-state index contributed by atoms with van der Waals surface area (Å²) >= 11 is 0. The predicted octanol–water partition coefficient (Wildman–Crippen LogP) is 4.20. The summed E-state index contributed by atoms with van der Waals surface area (Å²) in [6, 6.07) is 18.9. The summed E-state index contributed by atoms with van der Waals surface area (Å²) in [6.07, 6.45) is -0.406. The third-order valence-electron chi connectivity index (χ3n) is 5.50. The van der Waals surface area contributed by atoms with Crippen LogP contribution < -0.4 is 24.3 Å². The van der Waals surface area contributed by atoms with Crippen LogP contribution in [0.5, 0.6) is 23.0 Å². The number of benzene rings is 3. The van der Waals surface area contributed by atoms with Gasteiger partial charge in [-0.05, 0) is 42.0 Å². The molecule has 3 aromatic carbocycles. The highest BCUT2D eigenvalue weighted by molar-refractivity contribution is 6.01. The van der Waals surface area contributed by atoms with Crippen molar-refractivity contribution < 1.29 is 23.7 Å². The molecule has 0 spiro atoms. The van der Waals surface area contributed by atoms with Gasteiger partial charge in [0.25, 0.3) is 5.91 Å². The molecular weight excluding hydrogens is 396 g/mol. The van der Waals surface area contributed by atoms with E-state index in [0.29, 0.717) is 35.1 Å². The number of nitrogens with one attached hydrogen (secondary N) is 1. The number of rotatable bonds is 5. The van der Waals surface area contributed by atoms with Gasteiger partial charge in [0.2, 0.25) is 6.79 Å². The average Bonchev–Trinajstić information content (AvgIpc) is 3.28. The third kappa shape index (κ3) is 3.48. The van der Waals surface area contributed by atoms with Gasteiger partial charge in [-0.3, -0.25) is 4.79 Å². The molecule has 1 atom stereocenters. The van der Waals surface area contributed by atoms with E-state index < -0.39 is 6.17 Å². The molecule has 0 unspecified atom stereocenters. The Morgan fingerprint density at radius 2 is 1.71 bits per heavy atom. The summed E-state index contributed by atoms with van der Waals surface area (Å²) in [7, 11) is 3.22. The van der Waals surface area contributed by atoms with Gasteiger partial charge in [-0.15, -0.1) is 0 Å². The van der Waals surface area contributed by atoms with Crippen LogP contribution in [0, 0.1) is 0 Å². The van der Waals surface area contributed by atoms with Crippen LogP contribution in [0.4, 0.5) is 5.69 Å².